The maximum Gasteiger partial charge on any atom is 0.285 e. The van der Waals surface area contributed by atoms with Gasteiger partial charge in [0, 0.05) is 12.8 Å². The number of aliphatic hydroxyl groups is 4. The van der Waals surface area contributed by atoms with Gasteiger partial charge in [0.25, 0.3) is 5.56 Å². The number of fused-ring (bicyclic) bond motifs is 2. The minimum atomic E-state index is -1.12. The van der Waals surface area contributed by atoms with Crippen LogP contribution in [-0.4, -0.2) is 70.5 Å². The summed E-state index contributed by atoms with van der Waals surface area (Å²) in [5, 5.41) is 43.5. The van der Waals surface area contributed by atoms with E-state index in [-0.39, 0.29) is 36.6 Å². The van der Waals surface area contributed by atoms with E-state index in [1.54, 1.807) is 4.57 Å². The second-order valence-electron chi connectivity index (χ2n) is 8.08. The molecule has 4 rings (SSSR count). The summed E-state index contributed by atoms with van der Waals surface area (Å²) in [5.74, 6) is 0.157. The van der Waals surface area contributed by atoms with E-state index >= 15 is 0 Å². The van der Waals surface area contributed by atoms with Gasteiger partial charge in [-0.3, -0.25) is 9.36 Å². The molecule has 5 N–H and O–H groups in total. The molecular formula is C19H29N5O6. The van der Waals surface area contributed by atoms with Crippen LogP contribution in [-0.2, 0) is 4.74 Å². The SMILES string of the molecule is CCCCCC(O)C1CC(O)n2c(nc3c(ncn3[C@H]3C[C@H](O)[C@@H](CO)O3)c2=O)N1. The highest BCUT2D eigenvalue weighted by Crippen LogP contribution is 2.32. The fourth-order valence-electron chi connectivity index (χ4n) is 4.24. The zero-order valence-electron chi connectivity index (χ0n) is 16.9. The van der Waals surface area contributed by atoms with Crippen molar-refractivity contribution in [1.29, 1.82) is 0 Å². The lowest BCUT2D eigenvalue weighted by atomic mass is 9.99. The predicted molar refractivity (Wildman–Crippen MR) is 107 cm³/mol. The Bertz CT molecular complexity index is 945. The van der Waals surface area contributed by atoms with Gasteiger partial charge < -0.3 is 30.5 Å². The van der Waals surface area contributed by atoms with Crippen LogP contribution in [0.25, 0.3) is 11.2 Å². The Balaban J connectivity index is 1.65. The second kappa shape index (κ2) is 8.60. The largest absolute Gasteiger partial charge is 0.394 e. The van der Waals surface area contributed by atoms with Crippen LogP contribution in [0.1, 0.15) is 57.9 Å². The summed E-state index contributed by atoms with van der Waals surface area (Å²) in [7, 11) is 0. The lowest BCUT2D eigenvalue weighted by Crippen LogP contribution is -2.44. The average Bonchev–Trinajstić information content (AvgIpc) is 3.30. The molecule has 30 heavy (non-hydrogen) atoms. The van der Waals surface area contributed by atoms with E-state index in [0.29, 0.717) is 6.42 Å². The van der Waals surface area contributed by atoms with E-state index in [1.165, 1.54) is 6.33 Å². The summed E-state index contributed by atoms with van der Waals surface area (Å²) in [5.41, 5.74) is -0.167. The lowest BCUT2D eigenvalue weighted by Gasteiger charge is -2.33. The molecule has 166 valence electrons. The van der Waals surface area contributed by atoms with Gasteiger partial charge >= 0.3 is 0 Å². The summed E-state index contributed by atoms with van der Waals surface area (Å²) >= 11 is 0. The first kappa shape index (κ1) is 21.2. The van der Waals surface area contributed by atoms with Crippen molar-refractivity contribution in [2.75, 3.05) is 11.9 Å². The van der Waals surface area contributed by atoms with Crippen molar-refractivity contribution in [2.24, 2.45) is 0 Å². The summed E-state index contributed by atoms with van der Waals surface area (Å²) in [6.07, 6.45) is 1.40. The van der Waals surface area contributed by atoms with Crippen LogP contribution >= 0.6 is 0 Å². The minimum absolute atomic E-state index is 0.0760. The second-order valence-corrected chi connectivity index (χ2v) is 8.08. The molecule has 1 saturated heterocycles. The van der Waals surface area contributed by atoms with Crippen molar-refractivity contribution in [1.82, 2.24) is 19.1 Å². The molecule has 0 bridgehead atoms. The quantitative estimate of drug-likeness (QED) is 0.382. The predicted octanol–water partition coefficient (Wildman–Crippen LogP) is -0.150. The van der Waals surface area contributed by atoms with Crippen LogP contribution in [0.5, 0.6) is 0 Å². The minimum Gasteiger partial charge on any atom is -0.394 e. The number of imidazole rings is 1. The van der Waals surface area contributed by atoms with E-state index in [1.807, 2.05) is 0 Å². The van der Waals surface area contributed by atoms with Gasteiger partial charge in [-0.25, -0.2) is 9.55 Å². The summed E-state index contributed by atoms with van der Waals surface area (Å²) in [4.78, 5) is 21.6. The molecule has 0 amide bonds. The van der Waals surface area contributed by atoms with Crippen LogP contribution < -0.4 is 10.9 Å². The number of ether oxygens (including phenoxy) is 1. The molecule has 1 fully saturated rings. The van der Waals surface area contributed by atoms with Gasteiger partial charge in [0.1, 0.15) is 18.6 Å². The van der Waals surface area contributed by atoms with Crippen molar-refractivity contribution < 1.29 is 25.2 Å². The maximum absolute atomic E-state index is 12.9. The lowest BCUT2D eigenvalue weighted by molar-refractivity contribution is -0.0432. The van der Waals surface area contributed by atoms with Gasteiger partial charge in [-0.05, 0) is 6.42 Å². The molecule has 0 aliphatic carbocycles. The molecule has 6 atom stereocenters. The smallest absolute Gasteiger partial charge is 0.285 e. The molecule has 2 aromatic heterocycles. The van der Waals surface area contributed by atoms with Crippen LogP contribution in [0.2, 0.25) is 0 Å². The molecule has 0 aromatic carbocycles. The van der Waals surface area contributed by atoms with Gasteiger partial charge in [0.05, 0.1) is 31.2 Å². The van der Waals surface area contributed by atoms with Gasteiger partial charge in [0.2, 0.25) is 5.95 Å². The fourth-order valence-corrected chi connectivity index (χ4v) is 4.24. The molecule has 0 saturated carbocycles. The van der Waals surface area contributed by atoms with Gasteiger partial charge in [-0.1, -0.05) is 26.2 Å². The van der Waals surface area contributed by atoms with Crippen molar-refractivity contribution >= 4 is 17.1 Å². The first-order chi connectivity index (χ1) is 14.4. The number of nitrogens with one attached hydrogen (secondary N) is 1. The molecular weight excluding hydrogens is 394 g/mol. The van der Waals surface area contributed by atoms with Crippen molar-refractivity contribution in [3.05, 3.63) is 16.7 Å². The maximum atomic E-state index is 12.9. The fraction of sp³-hybridized carbons (Fsp3) is 0.737. The van der Waals surface area contributed by atoms with Gasteiger partial charge in [-0.15, -0.1) is 0 Å². The number of hydrogen-bond acceptors (Lipinski definition) is 9. The van der Waals surface area contributed by atoms with E-state index in [9.17, 15) is 25.2 Å². The third kappa shape index (κ3) is 3.71. The highest BCUT2D eigenvalue weighted by atomic mass is 16.5. The first-order valence-electron chi connectivity index (χ1n) is 10.5. The van der Waals surface area contributed by atoms with Gasteiger partial charge in [0.15, 0.2) is 11.2 Å². The first-order valence-corrected chi connectivity index (χ1v) is 10.5. The number of aromatic nitrogens is 4. The number of nitrogens with zero attached hydrogens (tertiary/aromatic N) is 4. The van der Waals surface area contributed by atoms with Crippen LogP contribution in [0.4, 0.5) is 5.95 Å². The normalized spacial score (nSPS) is 29.7. The van der Waals surface area contributed by atoms with Crippen molar-refractivity contribution in [2.45, 2.75) is 82.3 Å². The van der Waals surface area contributed by atoms with E-state index in [0.717, 1.165) is 23.8 Å². The standard InChI is InChI=1S/C19H29N5O6/c1-2-3-4-5-11(26)10-6-14(28)24-18(29)16-17(22-19(24)21-10)23(9-20-16)15-7-12(27)13(8-25)30-15/h9-15,25-28H,2-8H2,1H3,(H,21,22)/t10?,11?,12-,13+,14?,15+/m0/s1. The third-order valence-corrected chi connectivity index (χ3v) is 5.97. The van der Waals surface area contributed by atoms with Crippen LogP contribution in [0.15, 0.2) is 11.1 Å². The molecule has 3 unspecified atom stereocenters. The number of unbranched alkanes of at least 4 members (excludes halogenated alkanes) is 2. The Hall–Kier alpha value is -2.05. The number of hydrogen-bond donors (Lipinski definition) is 5. The summed E-state index contributed by atoms with van der Waals surface area (Å²) < 4.78 is 8.36. The Morgan fingerprint density at radius 2 is 2.13 bits per heavy atom. The van der Waals surface area contributed by atoms with Crippen molar-refractivity contribution in [3.8, 4) is 0 Å². The zero-order chi connectivity index (χ0) is 21.4. The average molecular weight is 423 g/mol. The van der Waals surface area contributed by atoms with Gasteiger partial charge in [-0.2, -0.15) is 4.98 Å². The molecule has 0 spiro atoms. The van der Waals surface area contributed by atoms with E-state index < -0.39 is 42.4 Å². The molecule has 4 heterocycles. The Kier molecular flexibility index (Phi) is 6.07. The van der Waals surface area contributed by atoms with Crippen LogP contribution in [0, 0.1) is 0 Å². The van der Waals surface area contributed by atoms with Crippen LogP contribution in [0.3, 0.4) is 0 Å². The topological polar surface area (TPSA) is 155 Å². The summed E-state index contributed by atoms with van der Waals surface area (Å²) in [6, 6.07) is -0.430. The number of anilines is 1. The zero-order valence-corrected chi connectivity index (χ0v) is 16.9. The monoisotopic (exact) mass is 423 g/mol. The summed E-state index contributed by atoms with van der Waals surface area (Å²) in [6.45, 7) is 1.77. The number of aliphatic hydroxyl groups excluding tert-OH is 4. The van der Waals surface area contributed by atoms with E-state index in [2.05, 4.69) is 22.2 Å². The molecule has 2 aliphatic rings. The highest BCUT2D eigenvalue weighted by Gasteiger charge is 2.37. The number of rotatable bonds is 7. The molecule has 2 aromatic rings. The molecule has 0 radical (unpaired) electrons. The third-order valence-electron chi connectivity index (χ3n) is 5.97. The Morgan fingerprint density at radius 3 is 2.83 bits per heavy atom. The Labute approximate surface area is 173 Å². The highest BCUT2D eigenvalue weighted by molar-refractivity contribution is 5.71. The molecule has 11 nitrogen and oxygen atoms in total. The molecule has 2 aliphatic heterocycles. The molecule has 11 heteroatoms. The van der Waals surface area contributed by atoms with E-state index in [4.69, 9.17) is 4.74 Å². The Morgan fingerprint density at radius 1 is 1.33 bits per heavy atom. The van der Waals surface area contributed by atoms with Crippen molar-refractivity contribution in [3.63, 3.8) is 0 Å².